The maximum absolute atomic E-state index is 13.0. The van der Waals surface area contributed by atoms with Crippen LogP contribution in [0.5, 0.6) is 5.75 Å². The summed E-state index contributed by atoms with van der Waals surface area (Å²) in [6.07, 6.45) is 1.60. The first-order valence-corrected chi connectivity index (χ1v) is 10.7. The smallest absolute Gasteiger partial charge is 0.296 e. The van der Waals surface area contributed by atoms with Crippen molar-refractivity contribution >= 4 is 44.7 Å². The van der Waals surface area contributed by atoms with Crippen LogP contribution in [0.3, 0.4) is 0 Å². The molecule has 0 aliphatic carbocycles. The first-order valence-electron chi connectivity index (χ1n) is 9.07. The van der Waals surface area contributed by atoms with Crippen LogP contribution in [0.1, 0.15) is 22.2 Å². The van der Waals surface area contributed by atoms with Gasteiger partial charge in [-0.2, -0.15) is 0 Å². The molecule has 1 amide bonds. The minimum atomic E-state index is -0.783. The number of thiophene rings is 1. The van der Waals surface area contributed by atoms with Crippen LogP contribution in [-0.2, 0) is 16.1 Å². The molecular weight excluding hydrogens is 468 g/mol. The van der Waals surface area contributed by atoms with Gasteiger partial charge in [0, 0.05) is 16.6 Å². The number of aliphatic hydroxyl groups excluding tert-OH is 1. The van der Waals surface area contributed by atoms with E-state index in [1.165, 1.54) is 23.3 Å². The maximum Gasteiger partial charge on any atom is 0.296 e. The summed E-state index contributed by atoms with van der Waals surface area (Å²) in [6, 6.07) is 13.3. The van der Waals surface area contributed by atoms with Crippen LogP contribution in [0.25, 0.3) is 5.76 Å². The van der Waals surface area contributed by atoms with E-state index in [1.54, 1.807) is 42.6 Å². The number of nitrogens with zero attached hydrogens (tertiary/aromatic N) is 2. The van der Waals surface area contributed by atoms with E-state index in [1.807, 2.05) is 17.5 Å². The summed E-state index contributed by atoms with van der Waals surface area (Å²) in [7, 11) is 1.54. The summed E-state index contributed by atoms with van der Waals surface area (Å²) in [4.78, 5) is 32.6. The van der Waals surface area contributed by atoms with E-state index in [9.17, 15) is 14.7 Å². The highest BCUT2D eigenvalue weighted by atomic mass is 79.9. The molecule has 4 rings (SSSR count). The van der Waals surface area contributed by atoms with Crippen LogP contribution < -0.4 is 4.74 Å². The predicted molar refractivity (Wildman–Crippen MR) is 117 cm³/mol. The molecule has 0 bridgehead atoms. The second kappa shape index (κ2) is 8.41. The van der Waals surface area contributed by atoms with Gasteiger partial charge in [-0.25, -0.2) is 0 Å². The molecule has 1 unspecified atom stereocenters. The number of ether oxygens (including phenoxy) is 1. The van der Waals surface area contributed by atoms with Crippen molar-refractivity contribution in [2.45, 2.75) is 12.6 Å². The molecule has 0 spiro atoms. The first-order chi connectivity index (χ1) is 14.5. The largest absolute Gasteiger partial charge is 0.507 e. The molecule has 3 heterocycles. The number of pyridine rings is 1. The average molecular weight is 485 g/mol. The fraction of sp³-hybridized carbons (Fsp3) is 0.136. The van der Waals surface area contributed by atoms with Gasteiger partial charge in [0.05, 0.1) is 29.4 Å². The highest BCUT2D eigenvalue weighted by Gasteiger charge is 2.46. The van der Waals surface area contributed by atoms with Crippen molar-refractivity contribution in [3.63, 3.8) is 0 Å². The Bertz CT molecular complexity index is 1130. The summed E-state index contributed by atoms with van der Waals surface area (Å²) in [5.41, 5.74) is 0.937. The zero-order chi connectivity index (χ0) is 21.3. The summed E-state index contributed by atoms with van der Waals surface area (Å²) in [6.45, 7) is 0.257. The lowest BCUT2D eigenvalue weighted by atomic mass is 9.98. The second-order valence-electron chi connectivity index (χ2n) is 6.61. The van der Waals surface area contributed by atoms with E-state index < -0.39 is 17.7 Å². The van der Waals surface area contributed by atoms with Crippen molar-refractivity contribution in [1.82, 2.24) is 9.88 Å². The number of hydrogen-bond donors (Lipinski definition) is 1. The molecule has 0 saturated carbocycles. The van der Waals surface area contributed by atoms with Crippen LogP contribution >= 0.6 is 27.3 Å². The number of aliphatic hydroxyl groups is 1. The Labute approximate surface area is 185 Å². The molecular formula is C22H17BrN2O4S. The lowest BCUT2D eigenvalue weighted by molar-refractivity contribution is -0.140. The molecule has 1 N–H and O–H groups in total. The Balaban J connectivity index is 1.85. The number of carbonyl (C=O) groups excluding carboxylic acids is 2. The molecule has 1 atom stereocenters. The van der Waals surface area contributed by atoms with E-state index in [0.717, 1.165) is 4.88 Å². The number of halogens is 1. The normalized spacial score (nSPS) is 18.1. The van der Waals surface area contributed by atoms with E-state index in [4.69, 9.17) is 4.74 Å². The van der Waals surface area contributed by atoms with Crippen LogP contribution in [0.15, 0.2) is 70.2 Å². The zero-order valence-electron chi connectivity index (χ0n) is 15.9. The van der Waals surface area contributed by atoms with Crippen LogP contribution in [-0.4, -0.2) is 33.8 Å². The minimum Gasteiger partial charge on any atom is -0.507 e. The number of benzene rings is 1. The number of amides is 1. The van der Waals surface area contributed by atoms with Gasteiger partial charge in [-0.15, -0.1) is 11.3 Å². The van der Waals surface area contributed by atoms with Crippen molar-refractivity contribution < 1.29 is 19.4 Å². The number of Topliss-reactive ketones (excluding diaryl/α,β-unsaturated/α-hetero) is 1. The van der Waals surface area contributed by atoms with E-state index >= 15 is 0 Å². The van der Waals surface area contributed by atoms with Gasteiger partial charge < -0.3 is 14.7 Å². The molecule has 6 nitrogen and oxygen atoms in total. The Kier molecular flexibility index (Phi) is 5.69. The number of methoxy groups -OCH3 is 1. The van der Waals surface area contributed by atoms with Crippen molar-refractivity contribution in [2.75, 3.05) is 7.11 Å². The number of hydrogen-bond acceptors (Lipinski definition) is 6. The molecule has 1 aromatic carbocycles. The summed E-state index contributed by atoms with van der Waals surface area (Å²) >= 11 is 4.89. The Hall–Kier alpha value is -2.97. The molecule has 1 saturated heterocycles. The van der Waals surface area contributed by atoms with E-state index in [0.29, 0.717) is 21.5 Å². The van der Waals surface area contributed by atoms with E-state index in [-0.39, 0.29) is 17.9 Å². The van der Waals surface area contributed by atoms with Gasteiger partial charge in [-0.3, -0.25) is 14.6 Å². The fourth-order valence-electron chi connectivity index (χ4n) is 3.43. The lowest BCUT2D eigenvalue weighted by Crippen LogP contribution is -2.29. The molecule has 30 heavy (non-hydrogen) atoms. The molecule has 1 aliphatic rings. The van der Waals surface area contributed by atoms with E-state index in [2.05, 4.69) is 20.9 Å². The highest BCUT2D eigenvalue weighted by molar-refractivity contribution is 9.10. The highest BCUT2D eigenvalue weighted by Crippen LogP contribution is 2.40. The summed E-state index contributed by atoms with van der Waals surface area (Å²) in [5.74, 6) is -1.05. The molecule has 2 aromatic heterocycles. The number of ketones is 1. The Morgan fingerprint density at radius 1 is 1.23 bits per heavy atom. The Morgan fingerprint density at radius 2 is 2.07 bits per heavy atom. The van der Waals surface area contributed by atoms with Gasteiger partial charge in [0.25, 0.3) is 11.7 Å². The van der Waals surface area contributed by atoms with Gasteiger partial charge in [0.1, 0.15) is 17.6 Å². The lowest BCUT2D eigenvalue weighted by Gasteiger charge is -2.24. The third-order valence-electron chi connectivity index (χ3n) is 4.84. The zero-order valence-corrected chi connectivity index (χ0v) is 18.3. The second-order valence-corrected chi connectivity index (χ2v) is 8.50. The topological polar surface area (TPSA) is 79.7 Å². The molecule has 152 valence electrons. The van der Waals surface area contributed by atoms with Gasteiger partial charge >= 0.3 is 0 Å². The Morgan fingerprint density at radius 3 is 2.70 bits per heavy atom. The SMILES string of the molecule is COc1ccc(/C(O)=C2/C(=O)C(=O)N(Cc3cccs3)C2c2ccccn2)cc1Br. The van der Waals surface area contributed by atoms with Crippen LogP contribution in [0.2, 0.25) is 0 Å². The van der Waals surface area contributed by atoms with Gasteiger partial charge in [-0.05, 0) is 57.7 Å². The van der Waals surface area contributed by atoms with Crippen molar-refractivity contribution in [3.8, 4) is 5.75 Å². The standard InChI is InChI=1S/C22H17BrN2O4S/c1-29-17-8-7-13(11-15(17)23)20(26)18-19(16-6-2-3-9-24-16)25(22(28)21(18)27)12-14-5-4-10-30-14/h2-11,19,26H,12H2,1H3/b20-18-. The molecule has 0 radical (unpaired) electrons. The van der Waals surface area contributed by atoms with Crippen molar-refractivity contribution in [1.29, 1.82) is 0 Å². The van der Waals surface area contributed by atoms with Gasteiger partial charge in [-0.1, -0.05) is 12.1 Å². The third kappa shape index (κ3) is 3.64. The quantitative estimate of drug-likeness (QED) is 0.326. The number of rotatable bonds is 5. The number of aromatic nitrogens is 1. The van der Waals surface area contributed by atoms with Crippen molar-refractivity contribution in [3.05, 3.63) is 86.3 Å². The third-order valence-corrected chi connectivity index (χ3v) is 6.32. The minimum absolute atomic E-state index is 0.0207. The number of likely N-dealkylation sites (tertiary alicyclic amines) is 1. The average Bonchev–Trinajstić information content (AvgIpc) is 3.36. The number of carbonyl (C=O) groups is 2. The van der Waals surface area contributed by atoms with Crippen LogP contribution in [0, 0.1) is 0 Å². The molecule has 1 aliphatic heterocycles. The summed E-state index contributed by atoms with van der Waals surface area (Å²) in [5, 5.41) is 13.0. The van der Waals surface area contributed by atoms with Crippen LogP contribution in [0.4, 0.5) is 0 Å². The molecule has 8 heteroatoms. The van der Waals surface area contributed by atoms with Gasteiger partial charge in [0.2, 0.25) is 0 Å². The first kappa shape index (κ1) is 20.3. The van der Waals surface area contributed by atoms with Crippen molar-refractivity contribution in [2.24, 2.45) is 0 Å². The summed E-state index contributed by atoms with van der Waals surface area (Å²) < 4.78 is 5.85. The maximum atomic E-state index is 13.0. The fourth-order valence-corrected chi connectivity index (χ4v) is 4.67. The predicted octanol–water partition coefficient (Wildman–Crippen LogP) is 4.54. The molecule has 3 aromatic rings. The van der Waals surface area contributed by atoms with Gasteiger partial charge in [0.15, 0.2) is 0 Å². The molecule has 1 fully saturated rings. The monoisotopic (exact) mass is 484 g/mol.